The topological polar surface area (TPSA) is 107 Å². The van der Waals surface area contributed by atoms with Crippen LogP contribution in [0, 0.1) is 5.92 Å². The zero-order valence-electron chi connectivity index (χ0n) is 18.1. The first-order valence-electron chi connectivity index (χ1n) is 10.7. The summed E-state index contributed by atoms with van der Waals surface area (Å²) >= 11 is 0. The molecule has 1 aliphatic heterocycles. The van der Waals surface area contributed by atoms with Crippen molar-refractivity contribution in [2.24, 2.45) is 5.92 Å². The predicted molar refractivity (Wildman–Crippen MR) is 116 cm³/mol. The summed E-state index contributed by atoms with van der Waals surface area (Å²) < 4.78 is 31.5. The van der Waals surface area contributed by atoms with Crippen LogP contribution in [0.5, 0.6) is 0 Å². The minimum atomic E-state index is -5.19. The van der Waals surface area contributed by atoms with Crippen molar-refractivity contribution < 1.29 is 33.0 Å². The smallest absolute Gasteiger partial charge is 0.430 e. The second-order valence-corrected chi connectivity index (χ2v) is 8.13. The maximum atomic E-state index is 12.3. The van der Waals surface area contributed by atoms with E-state index in [1.807, 2.05) is 6.07 Å². The first-order valence-corrected chi connectivity index (χ1v) is 10.7. The Morgan fingerprint density at radius 1 is 1.06 bits per heavy atom. The molecule has 0 aliphatic carbocycles. The van der Waals surface area contributed by atoms with Crippen LogP contribution in [0.25, 0.3) is 0 Å². The minimum Gasteiger partial charge on any atom is -0.542 e. The molecule has 2 aromatic rings. The normalized spacial score (nSPS) is 15.9. The largest absolute Gasteiger partial charge is 0.542 e. The first kappa shape index (κ1) is 26.3. The molecule has 0 spiro atoms. The van der Waals surface area contributed by atoms with E-state index in [2.05, 4.69) is 29.2 Å². The van der Waals surface area contributed by atoms with Crippen LogP contribution in [0.15, 0.2) is 54.6 Å². The summed E-state index contributed by atoms with van der Waals surface area (Å²) in [6.07, 6.45) is -2.70. The standard InChI is InChI=1S/C22H28N2O2.C2HF3O2/c23-20-8-6-19(7-9-20)22(26)15-21(25)14-17-10-12-24(13-11-17)16-18-4-2-1-3-5-18;3-2(4,5)1(6)7/h1-9,17,21,25H,10-16,23H2;(H,6,7)/p-1. The molecule has 0 bridgehead atoms. The molecule has 1 unspecified atom stereocenters. The molecule has 1 fully saturated rings. The number of nitrogen functional groups attached to an aromatic ring is 1. The number of nitrogens with two attached hydrogens (primary N) is 1. The number of ketones is 1. The van der Waals surface area contributed by atoms with Gasteiger partial charge in [0.2, 0.25) is 0 Å². The summed E-state index contributed by atoms with van der Waals surface area (Å²) in [5, 5.41) is 19.1. The van der Waals surface area contributed by atoms with Gasteiger partial charge in [0.25, 0.3) is 0 Å². The van der Waals surface area contributed by atoms with E-state index in [0.29, 0.717) is 23.6 Å². The molecule has 2 aromatic carbocycles. The van der Waals surface area contributed by atoms with Crippen LogP contribution in [0.1, 0.15) is 41.6 Å². The van der Waals surface area contributed by atoms with E-state index in [9.17, 15) is 23.1 Å². The third kappa shape index (κ3) is 9.63. The third-order valence-electron chi connectivity index (χ3n) is 5.45. The van der Waals surface area contributed by atoms with Gasteiger partial charge in [0, 0.05) is 24.2 Å². The second kappa shape index (κ2) is 12.4. The number of aliphatic hydroxyl groups excluding tert-OH is 1. The van der Waals surface area contributed by atoms with Gasteiger partial charge in [0.15, 0.2) is 5.78 Å². The molecule has 1 heterocycles. The first-order chi connectivity index (χ1) is 15.5. The Hall–Kier alpha value is -2.91. The van der Waals surface area contributed by atoms with Crippen molar-refractivity contribution >= 4 is 17.4 Å². The fourth-order valence-corrected chi connectivity index (χ4v) is 3.69. The Kier molecular flexibility index (Phi) is 9.87. The number of carbonyl (C=O) groups is 2. The SMILES string of the molecule is Nc1ccc(C(=O)CC(O)CC2CCN(Cc3ccccc3)CC2)cc1.O=C([O-])C(F)(F)F. The van der Waals surface area contributed by atoms with Crippen molar-refractivity contribution in [3.05, 3.63) is 65.7 Å². The maximum Gasteiger partial charge on any atom is 0.430 e. The number of aliphatic hydroxyl groups is 1. The Balaban J connectivity index is 0.000000479. The van der Waals surface area contributed by atoms with E-state index in [1.54, 1.807) is 24.3 Å². The molecular weight excluding hydrogens is 437 g/mol. The van der Waals surface area contributed by atoms with E-state index in [4.69, 9.17) is 15.6 Å². The molecule has 0 amide bonds. The average Bonchev–Trinajstić information content (AvgIpc) is 2.76. The predicted octanol–water partition coefficient (Wildman–Crippen LogP) is 2.80. The number of nitrogens with zero attached hydrogens (tertiary/aromatic N) is 1. The van der Waals surface area contributed by atoms with Crippen molar-refractivity contribution in [1.82, 2.24) is 4.90 Å². The van der Waals surface area contributed by atoms with Crippen LogP contribution in [-0.2, 0) is 11.3 Å². The van der Waals surface area contributed by atoms with Crippen LogP contribution in [-0.4, -0.2) is 47.1 Å². The van der Waals surface area contributed by atoms with Crippen molar-refractivity contribution in [3.8, 4) is 0 Å². The summed E-state index contributed by atoms with van der Waals surface area (Å²) in [5.41, 5.74) is 8.26. The van der Waals surface area contributed by atoms with Crippen LogP contribution in [0.4, 0.5) is 18.9 Å². The number of piperidine rings is 1. The molecule has 180 valence electrons. The van der Waals surface area contributed by atoms with Gasteiger partial charge in [0.1, 0.15) is 5.97 Å². The van der Waals surface area contributed by atoms with Gasteiger partial charge in [-0.25, -0.2) is 0 Å². The minimum absolute atomic E-state index is 0.0148. The Bertz CT molecular complexity index is 881. The monoisotopic (exact) mass is 465 g/mol. The molecule has 0 radical (unpaired) electrons. The zero-order chi connectivity index (χ0) is 24.4. The summed E-state index contributed by atoms with van der Waals surface area (Å²) in [4.78, 5) is 23.5. The van der Waals surface area contributed by atoms with Gasteiger partial charge in [-0.1, -0.05) is 30.3 Å². The molecule has 0 aromatic heterocycles. The fourth-order valence-electron chi connectivity index (χ4n) is 3.69. The van der Waals surface area contributed by atoms with Crippen LogP contribution < -0.4 is 10.8 Å². The van der Waals surface area contributed by atoms with E-state index in [0.717, 1.165) is 32.5 Å². The highest BCUT2D eigenvalue weighted by molar-refractivity contribution is 5.96. The Labute approximate surface area is 190 Å². The lowest BCUT2D eigenvalue weighted by molar-refractivity contribution is -0.344. The van der Waals surface area contributed by atoms with E-state index in [1.165, 1.54) is 5.56 Å². The highest BCUT2D eigenvalue weighted by Crippen LogP contribution is 2.24. The summed E-state index contributed by atoms with van der Waals surface area (Å²) in [7, 11) is 0. The van der Waals surface area contributed by atoms with Crippen LogP contribution in [0.3, 0.4) is 0 Å². The number of carboxylic acid groups (broad SMARTS) is 1. The molecule has 3 N–H and O–H groups in total. The maximum absolute atomic E-state index is 12.3. The lowest BCUT2D eigenvalue weighted by atomic mass is 9.89. The van der Waals surface area contributed by atoms with Gasteiger partial charge < -0.3 is 20.7 Å². The summed E-state index contributed by atoms with van der Waals surface area (Å²) in [6, 6.07) is 17.4. The van der Waals surface area contributed by atoms with Gasteiger partial charge in [0.05, 0.1) is 6.10 Å². The summed E-state index contributed by atoms with van der Waals surface area (Å²) in [6.45, 7) is 3.10. The Morgan fingerprint density at radius 3 is 2.12 bits per heavy atom. The van der Waals surface area contributed by atoms with Crippen molar-refractivity contribution in [2.45, 2.75) is 44.5 Å². The molecular formula is C24H28F3N2O4-. The molecule has 1 saturated heterocycles. The number of benzene rings is 2. The number of aliphatic carboxylic acids is 1. The molecule has 0 saturated carbocycles. The molecule has 33 heavy (non-hydrogen) atoms. The average molecular weight is 465 g/mol. The molecule has 6 nitrogen and oxygen atoms in total. The number of rotatable bonds is 7. The zero-order valence-corrected chi connectivity index (χ0v) is 18.1. The van der Waals surface area contributed by atoms with Gasteiger partial charge >= 0.3 is 6.18 Å². The lowest BCUT2D eigenvalue weighted by Crippen LogP contribution is -2.37. The molecule has 1 aliphatic rings. The number of hydrogen-bond acceptors (Lipinski definition) is 6. The van der Waals surface area contributed by atoms with Gasteiger partial charge in [-0.05, 0) is 68.1 Å². The van der Waals surface area contributed by atoms with E-state index < -0.39 is 18.2 Å². The van der Waals surface area contributed by atoms with Crippen molar-refractivity contribution in [2.75, 3.05) is 18.8 Å². The number of alkyl halides is 3. The van der Waals surface area contributed by atoms with Gasteiger partial charge in [-0.3, -0.25) is 9.69 Å². The number of carboxylic acids is 1. The fraction of sp³-hybridized carbons (Fsp3) is 0.417. The van der Waals surface area contributed by atoms with E-state index >= 15 is 0 Å². The van der Waals surface area contributed by atoms with Crippen molar-refractivity contribution in [3.63, 3.8) is 0 Å². The highest BCUT2D eigenvalue weighted by Gasteiger charge is 2.28. The quantitative estimate of drug-likeness (QED) is 0.481. The number of carbonyl (C=O) groups excluding carboxylic acids is 2. The highest BCUT2D eigenvalue weighted by atomic mass is 19.4. The number of hydrogen-bond donors (Lipinski definition) is 2. The van der Waals surface area contributed by atoms with Gasteiger partial charge in [-0.15, -0.1) is 0 Å². The van der Waals surface area contributed by atoms with Crippen molar-refractivity contribution in [1.29, 1.82) is 0 Å². The summed E-state index contributed by atoms with van der Waals surface area (Å²) in [5.74, 6) is -2.53. The number of likely N-dealkylation sites (tertiary alicyclic amines) is 1. The third-order valence-corrected chi connectivity index (χ3v) is 5.45. The number of Topliss-reactive ketones (excluding diaryl/α,β-unsaturated/α-hetero) is 1. The second-order valence-electron chi connectivity index (χ2n) is 8.13. The number of anilines is 1. The molecule has 3 rings (SSSR count). The lowest BCUT2D eigenvalue weighted by Gasteiger charge is -2.32. The van der Waals surface area contributed by atoms with Crippen LogP contribution in [0.2, 0.25) is 0 Å². The number of halogens is 3. The molecule has 9 heteroatoms. The van der Waals surface area contributed by atoms with E-state index in [-0.39, 0.29) is 12.2 Å². The van der Waals surface area contributed by atoms with Crippen LogP contribution >= 0.6 is 0 Å². The molecule has 1 atom stereocenters. The van der Waals surface area contributed by atoms with Gasteiger partial charge in [-0.2, -0.15) is 13.2 Å². The Morgan fingerprint density at radius 2 is 1.61 bits per heavy atom.